The van der Waals surface area contributed by atoms with Crippen molar-refractivity contribution in [1.82, 2.24) is 0 Å². The van der Waals surface area contributed by atoms with Gasteiger partial charge in [-0.05, 0) is 42.4 Å². The number of hydrogen-bond donors (Lipinski definition) is 1. The molecule has 2 aromatic carbocycles. The van der Waals surface area contributed by atoms with Crippen molar-refractivity contribution in [1.29, 1.82) is 0 Å². The van der Waals surface area contributed by atoms with Gasteiger partial charge in [0.2, 0.25) is 0 Å². The normalized spacial score (nSPS) is 15.4. The molecule has 1 nitrogen and oxygen atoms in total. The van der Waals surface area contributed by atoms with Crippen molar-refractivity contribution in [3.05, 3.63) is 65.7 Å². The largest absolute Gasteiger partial charge is 0.385 e. The lowest BCUT2D eigenvalue weighted by Crippen LogP contribution is -2.12. The van der Waals surface area contributed by atoms with Crippen LogP contribution in [0.1, 0.15) is 36.8 Å². The predicted molar refractivity (Wildman–Crippen MR) is 86.1 cm³/mol. The molecule has 0 heterocycles. The van der Waals surface area contributed by atoms with Gasteiger partial charge >= 0.3 is 0 Å². The minimum absolute atomic E-state index is 0.875. The van der Waals surface area contributed by atoms with Crippen molar-refractivity contribution in [2.24, 2.45) is 5.92 Å². The molecule has 0 unspecified atom stereocenters. The van der Waals surface area contributed by atoms with Crippen LogP contribution in [0.2, 0.25) is 0 Å². The van der Waals surface area contributed by atoms with Crippen LogP contribution in [-0.2, 0) is 6.42 Å². The van der Waals surface area contributed by atoms with Crippen molar-refractivity contribution >= 4 is 5.69 Å². The molecule has 0 saturated heterocycles. The van der Waals surface area contributed by atoms with Crippen molar-refractivity contribution in [2.45, 2.75) is 32.1 Å². The Morgan fingerprint density at radius 3 is 2.35 bits per heavy atom. The first-order valence-corrected chi connectivity index (χ1v) is 7.77. The Morgan fingerprint density at radius 2 is 1.55 bits per heavy atom. The molecular weight excluding hydrogens is 242 g/mol. The van der Waals surface area contributed by atoms with Crippen LogP contribution in [-0.4, -0.2) is 6.54 Å². The molecule has 1 fully saturated rings. The summed E-state index contributed by atoms with van der Waals surface area (Å²) >= 11 is 0. The Kier molecular flexibility index (Phi) is 4.37. The molecule has 3 rings (SSSR count). The van der Waals surface area contributed by atoms with E-state index in [4.69, 9.17) is 0 Å². The number of para-hydroxylation sites is 1. The van der Waals surface area contributed by atoms with Gasteiger partial charge in [-0.25, -0.2) is 0 Å². The van der Waals surface area contributed by atoms with Crippen LogP contribution < -0.4 is 5.32 Å². The summed E-state index contributed by atoms with van der Waals surface area (Å²) in [5, 5.41) is 3.68. The maximum atomic E-state index is 3.68. The van der Waals surface area contributed by atoms with Crippen LogP contribution in [0.3, 0.4) is 0 Å². The Morgan fingerprint density at radius 1 is 0.850 bits per heavy atom. The van der Waals surface area contributed by atoms with E-state index in [1.165, 1.54) is 42.5 Å². The summed E-state index contributed by atoms with van der Waals surface area (Å²) in [6, 6.07) is 19.4. The van der Waals surface area contributed by atoms with Crippen molar-refractivity contribution in [3.63, 3.8) is 0 Å². The highest BCUT2D eigenvalue weighted by Gasteiger charge is 2.14. The van der Waals surface area contributed by atoms with Gasteiger partial charge in [0.25, 0.3) is 0 Å². The first-order chi connectivity index (χ1) is 9.92. The summed E-state index contributed by atoms with van der Waals surface area (Å²) in [5.41, 5.74) is 4.09. The van der Waals surface area contributed by atoms with E-state index in [9.17, 15) is 0 Å². The number of hydrogen-bond acceptors (Lipinski definition) is 1. The van der Waals surface area contributed by atoms with Crippen molar-refractivity contribution < 1.29 is 0 Å². The maximum absolute atomic E-state index is 3.68. The predicted octanol–water partition coefficient (Wildman–Crippen LogP) is 4.88. The molecule has 104 valence electrons. The fourth-order valence-electron chi connectivity index (χ4n) is 3.13. The average Bonchev–Trinajstić information content (AvgIpc) is 3.01. The Bertz CT molecular complexity index is 526. The second-order valence-corrected chi connectivity index (χ2v) is 5.85. The van der Waals surface area contributed by atoms with Gasteiger partial charge in [0.15, 0.2) is 0 Å². The summed E-state index contributed by atoms with van der Waals surface area (Å²) in [7, 11) is 0. The van der Waals surface area contributed by atoms with Gasteiger partial charge in [-0.2, -0.15) is 0 Å². The summed E-state index contributed by atoms with van der Waals surface area (Å²) in [6.45, 7) is 1.13. The number of rotatable bonds is 5. The topological polar surface area (TPSA) is 12.0 Å². The third-order valence-electron chi connectivity index (χ3n) is 4.31. The lowest BCUT2D eigenvalue weighted by molar-refractivity contribution is 0.579. The van der Waals surface area contributed by atoms with Crippen molar-refractivity contribution in [2.75, 3.05) is 11.9 Å². The fourth-order valence-corrected chi connectivity index (χ4v) is 3.13. The second-order valence-electron chi connectivity index (χ2n) is 5.85. The van der Waals surface area contributed by atoms with Crippen LogP contribution in [0.5, 0.6) is 0 Å². The van der Waals surface area contributed by atoms with E-state index < -0.39 is 0 Å². The molecule has 0 spiro atoms. The molecule has 1 aliphatic rings. The lowest BCUT2D eigenvalue weighted by atomic mass is 10.0. The van der Waals surface area contributed by atoms with Gasteiger partial charge in [0.1, 0.15) is 0 Å². The van der Waals surface area contributed by atoms with E-state index >= 15 is 0 Å². The van der Waals surface area contributed by atoms with Crippen LogP contribution in [0.15, 0.2) is 54.6 Å². The summed E-state index contributed by atoms with van der Waals surface area (Å²) in [5.74, 6) is 0.875. The zero-order valence-corrected chi connectivity index (χ0v) is 12.0. The molecule has 1 heteroatoms. The summed E-state index contributed by atoms with van der Waals surface area (Å²) < 4.78 is 0. The first kappa shape index (κ1) is 13.2. The standard InChI is InChI=1S/C19H23N/c1-2-8-16(9-3-1)14-18-12-6-7-13-19(18)20-15-17-10-4-5-11-17/h1-3,6-9,12-13,17,20H,4-5,10-11,14-15H2. The smallest absolute Gasteiger partial charge is 0.0376 e. The number of anilines is 1. The minimum atomic E-state index is 0.875. The molecule has 0 atom stereocenters. The minimum Gasteiger partial charge on any atom is -0.385 e. The van der Waals surface area contributed by atoms with E-state index in [0.29, 0.717) is 0 Å². The number of benzene rings is 2. The van der Waals surface area contributed by atoms with Gasteiger partial charge in [-0.15, -0.1) is 0 Å². The quantitative estimate of drug-likeness (QED) is 0.812. The monoisotopic (exact) mass is 265 g/mol. The zero-order valence-electron chi connectivity index (χ0n) is 12.0. The average molecular weight is 265 g/mol. The molecule has 1 saturated carbocycles. The summed E-state index contributed by atoms with van der Waals surface area (Å²) in [4.78, 5) is 0. The summed E-state index contributed by atoms with van der Waals surface area (Å²) in [6.07, 6.45) is 6.63. The highest BCUT2D eigenvalue weighted by atomic mass is 14.9. The first-order valence-electron chi connectivity index (χ1n) is 7.77. The Hall–Kier alpha value is -1.76. The molecule has 2 aromatic rings. The Balaban J connectivity index is 1.67. The molecule has 0 aromatic heterocycles. The van der Waals surface area contributed by atoms with E-state index in [1.807, 2.05) is 0 Å². The van der Waals surface area contributed by atoms with Gasteiger partial charge in [0.05, 0.1) is 0 Å². The van der Waals surface area contributed by atoms with Gasteiger partial charge in [0, 0.05) is 12.2 Å². The van der Waals surface area contributed by atoms with Crippen LogP contribution in [0.4, 0.5) is 5.69 Å². The van der Waals surface area contributed by atoms with Gasteiger partial charge in [-0.3, -0.25) is 0 Å². The molecule has 1 aliphatic carbocycles. The molecule has 0 amide bonds. The van der Waals surface area contributed by atoms with Crippen LogP contribution in [0, 0.1) is 5.92 Å². The molecule has 0 aliphatic heterocycles. The van der Waals surface area contributed by atoms with Crippen LogP contribution >= 0.6 is 0 Å². The number of nitrogens with one attached hydrogen (secondary N) is 1. The third kappa shape index (κ3) is 3.41. The molecule has 0 radical (unpaired) electrons. The Labute approximate surface area is 122 Å². The van der Waals surface area contributed by atoms with E-state index in [2.05, 4.69) is 59.9 Å². The third-order valence-corrected chi connectivity index (χ3v) is 4.31. The highest BCUT2D eigenvalue weighted by molar-refractivity contribution is 5.52. The fraction of sp³-hybridized carbons (Fsp3) is 0.368. The van der Waals surface area contributed by atoms with Crippen LogP contribution in [0.25, 0.3) is 0 Å². The lowest BCUT2D eigenvalue weighted by Gasteiger charge is -2.15. The molecule has 1 N–H and O–H groups in total. The van der Waals surface area contributed by atoms with Gasteiger partial charge in [-0.1, -0.05) is 61.4 Å². The second kappa shape index (κ2) is 6.60. The van der Waals surface area contributed by atoms with E-state index in [1.54, 1.807) is 0 Å². The molecule has 0 bridgehead atoms. The molecule has 20 heavy (non-hydrogen) atoms. The van der Waals surface area contributed by atoms with E-state index in [-0.39, 0.29) is 0 Å². The molecular formula is C19H23N. The maximum Gasteiger partial charge on any atom is 0.0376 e. The van der Waals surface area contributed by atoms with Crippen molar-refractivity contribution in [3.8, 4) is 0 Å². The van der Waals surface area contributed by atoms with Gasteiger partial charge < -0.3 is 5.32 Å². The van der Waals surface area contributed by atoms with E-state index in [0.717, 1.165) is 18.9 Å². The highest BCUT2D eigenvalue weighted by Crippen LogP contribution is 2.26. The zero-order chi connectivity index (χ0) is 13.6. The SMILES string of the molecule is c1ccc(Cc2ccccc2NCC2CCCC2)cc1.